The minimum atomic E-state index is -0.277. The summed E-state index contributed by atoms with van der Waals surface area (Å²) in [4.78, 5) is 11.6. The lowest BCUT2D eigenvalue weighted by molar-refractivity contribution is 0.0527. The van der Waals surface area contributed by atoms with Crippen LogP contribution >= 0.6 is 0 Å². The van der Waals surface area contributed by atoms with Crippen molar-refractivity contribution in [2.24, 2.45) is 0 Å². The SMILES string of the molecule is CCOC(=O)c1ccccc1NC(C)C. The standard InChI is InChI=1S/C12H17NO2/c1-4-15-12(14)10-7-5-6-8-11(10)13-9(2)3/h5-9,13H,4H2,1-3H3. The van der Waals surface area contributed by atoms with Gasteiger partial charge in [-0.3, -0.25) is 0 Å². The van der Waals surface area contributed by atoms with Crippen molar-refractivity contribution in [2.45, 2.75) is 26.8 Å². The van der Waals surface area contributed by atoms with Gasteiger partial charge in [0.15, 0.2) is 0 Å². The number of para-hydroxylation sites is 1. The predicted molar refractivity (Wildman–Crippen MR) is 61.2 cm³/mol. The number of benzene rings is 1. The van der Waals surface area contributed by atoms with Crippen molar-refractivity contribution in [1.29, 1.82) is 0 Å². The molecule has 0 spiro atoms. The third-order valence-corrected chi connectivity index (χ3v) is 1.87. The number of anilines is 1. The van der Waals surface area contributed by atoms with Gasteiger partial charge in [-0.15, -0.1) is 0 Å². The quantitative estimate of drug-likeness (QED) is 0.771. The highest BCUT2D eigenvalue weighted by Gasteiger charge is 2.11. The van der Waals surface area contributed by atoms with E-state index in [0.717, 1.165) is 5.69 Å². The van der Waals surface area contributed by atoms with E-state index in [1.54, 1.807) is 13.0 Å². The van der Waals surface area contributed by atoms with Crippen LogP contribution in [0.5, 0.6) is 0 Å². The number of ether oxygens (including phenoxy) is 1. The van der Waals surface area contributed by atoms with Crippen LogP contribution in [0.15, 0.2) is 24.3 Å². The Kier molecular flexibility index (Phi) is 4.16. The molecule has 3 heteroatoms. The van der Waals surface area contributed by atoms with Crippen LogP contribution in [0.4, 0.5) is 5.69 Å². The Hall–Kier alpha value is -1.51. The Morgan fingerprint density at radius 1 is 1.40 bits per heavy atom. The first-order chi connectivity index (χ1) is 7.15. The molecule has 3 nitrogen and oxygen atoms in total. The first kappa shape index (κ1) is 11.6. The van der Waals surface area contributed by atoms with Crippen LogP contribution in [0, 0.1) is 0 Å². The fraction of sp³-hybridized carbons (Fsp3) is 0.417. The molecule has 82 valence electrons. The fourth-order valence-corrected chi connectivity index (χ4v) is 1.31. The molecule has 0 aliphatic heterocycles. The number of esters is 1. The average Bonchev–Trinajstić information content (AvgIpc) is 2.18. The molecule has 1 aromatic carbocycles. The normalized spacial score (nSPS) is 10.1. The molecule has 15 heavy (non-hydrogen) atoms. The highest BCUT2D eigenvalue weighted by atomic mass is 16.5. The van der Waals surface area contributed by atoms with E-state index >= 15 is 0 Å². The summed E-state index contributed by atoms with van der Waals surface area (Å²) in [5.74, 6) is -0.277. The van der Waals surface area contributed by atoms with E-state index in [1.807, 2.05) is 32.0 Å². The molecule has 1 N–H and O–H groups in total. The lowest BCUT2D eigenvalue weighted by atomic mass is 10.1. The minimum Gasteiger partial charge on any atom is -0.462 e. The van der Waals surface area contributed by atoms with Gasteiger partial charge in [-0.1, -0.05) is 12.1 Å². The maximum absolute atomic E-state index is 11.6. The molecule has 0 unspecified atom stereocenters. The first-order valence-electron chi connectivity index (χ1n) is 5.17. The lowest BCUT2D eigenvalue weighted by Crippen LogP contribution is -2.14. The van der Waals surface area contributed by atoms with Gasteiger partial charge >= 0.3 is 5.97 Å². The molecule has 0 aliphatic rings. The first-order valence-corrected chi connectivity index (χ1v) is 5.17. The van der Waals surface area contributed by atoms with Crippen molar-refractivity contribution in [2.75, 3.05) is 11.9 Å². The topological polar surface area (TPSA) is 38.3 Å². The predicted octanol–water partition coefficient (Wildman–Crippen LogP) is 2.68. The molecule has 0 radical (unpaired) electrons. The molecule has 0 heterocycles. The molecule has 0 aliphatic carbocycles. The van der Waals surface area contributed by atoms with Crippen molar-refractivity contribution in [3.05, 3.63) is 29.8 Å². The molecular formula is C12H17NO2. The Balaban J connectivity index is 2.90. The second-order valence-electron chi connectivity index (χ2n) is 3.57. The average molecular weight is 207 g/mol. The lowest BCUT2D eigenvalue weighted by Gasteiger charge is -2.13. The van der Waals surface area contributed by atoms with Crippen LogP contribution in [0.3, 0.4) is 0 Å². The van der Waals surface area contributed by atoms with Crippen molar-refractivity contribution < 1.29 is 9.53 Å². The Morgan fingerprint density at radius 3 is 2.67 bits per heavy atom. The van der Waals surface area contributed by atoms with Gasteiger partial charge in [-0.25, -0.2) is 4.79 Å². The van der Waals surface area contributed by atoms with E-state index in [9.17, 15) is 4.79 Å². The summed E-state index contributed by atoms with van der Waals surface area (Å²) in [6, 6.07) is 7.67. The highest BCUT2D eigenvalue weighted by molar-refractivity contribution is 5.95. The summed E-state index contributed by atoms with van der Waals surface area (Å²) in [6.07, 6.45) is 0. The molecule has 0 saturated carbocycles. The third kappa shape index (κ3) is 3.27. The fourth-order valence-electron chi connectivity index (χ4n) is 1.31. The van der Waals surface area contributed by atoms with Gasteiger partial charge in [0.1, 0.15) is 0 Å². The number of carbonyl (C=O) groups is 1. The van der Waals surface area contributed by atoms with Crippen molar-refractivity contribution in [3.63, 3.8) is 0 Å². The highest BCUT2D eigenvalue weighted by Crippen LogP contribution is 2.16. The van der Waals surface area contributed by atoms with E-state index < -0.39 is 0 Å². The number of nitrogens with one attached hydrogen (secondary N) is 1. The summed E-state index contributed by atoms with van der Waals surface area (Å²) in [7, 11) is 0. The van der Waals surface area contributed by atoms with Crippen molar-refractivity contribution in [3.8, 4) is 0 Å². The van der Waals surface area contributed by atoms with Gasteiger partial charge in [0.2, 0.25) is 0 Å². The second kappa shape index (κ2) is 5.39. The van der Waals surface area contributed by atoms with E-state index in [1.165, 1.54) is 0 Å². The van der Waals surface area contributed by atoms with Crippen LogP contribution in [0.25, 0.3) is 0 Å². The molecule has 0 amide bonds. The monoisotopic (exact) mass is 207 g/mol. The van der Waals surface area contributed by atoms with Crippen LogP contribution < -0.4 is 5.32 Å². The van der Waals surface area contributed by atoms with Crippen molar-refractivity contribution >= 4 is 11.7 Å². The Bertz CT molecular complexity index is 334. The molecule has 1 aromatic rings. The Morgan fingerprint density at radius 2 is 2.07 bits per heavy atom. The molecule has 0 atom stereocenters. The molecule has 0 saturated heterocycles. The van der Waals surface area contributed by atoms with Gasteiger partial charge in [-0.2, -0.15) is 0 Å². The van der Waals surface area contributed by atoms with Crippen LogP contribution in [-0.2, 0) is 4.74 Å². The summed E-state index contributed by atoms with van der Waals surface area (Å²) < 4.78 is 4.97. The summed E-state index contributed by atoms with van der Waals surface area (Å²) in [5.41, 5.74) is 1.42. The number of hydrogen-bond acceptors (Lipinski definition) is 3. The maximum Gasteiger partial charge on any atom is 0.340 e. The van der Waals surface area contributed by atoms with Gasteiger partial charge < -0.3 is 10.1 Å². The summed E-state index contributed by atoms with van der Waals surface area (Å²) in [6.45, 7) is 6.26. The second-order valence-corrected chi connectivity index (χ2v) is 3.57. The van der Waals surface area contributed by atoms with E-state index in [4.69, 9.17) is 4.74 Å². The minimum absolute atomic E-state index is 0.277. The van der Waals surface area contributed by atoms with Crippen LogP contribution in [-0.4, -0.2) is 18.6 Å². The number of hydrogen-bond donors (Lipinski definition) is 1. The smallest absolute Gasteiger partial charge is 0.340 e. The number of carbonyl (C=O) groups excluding carboxylic acids is 1. The van der Waals surface area contributed by atoms with Crippen LogP contribution in [0.2, 0.25) is 0 Å². The summed E-state index contributed by atoms with van der Waals surface area (Å²) in [5, 5.41) is 3.21. The van der Waals surface area contributed by atoms with Crippen LogP contribution in [0.1, 0.15) is 31.1 Å². The molecule has 1 rings (SSSR count). The van der Waals surface area contributed by atoms with Gasteiger partial charge in [0.05, 0.1) is 12.2 Å². The van der Waals surface area contributed by atoms with Gasteiger partial charge in [0, 0.05) is 11.7 Å². The zero-order valence-electron chi connectivity index (χ0n) is 9.41. The van der Waals surface area contributed by atoms with E-state index in [-0.39, 0.29) is 5.97 Å². The van der Waals surface area contributed by atoms with Gasteiger partial charge in [0.25, 0.3) is 0 Å². The summed E-state index contributed by atoms with van der Waals surface area (Å²) >= 11 is 0. The van der Waals surface area contributed by atoms with E-state index in [2.05, 4.69) is 5.32 Å². The molecule has 0 fully saturated rings. The molecule has 0 aromatic heterocycles. The zero-order chi connectivity index (χ0) is 11.3. The largest absolute Gasteiger partial charge is 0.462 e. The molecular weight excluding hydrogens is 190 g/mol. The molecule has 0 bridgehead atoms. The van der Waals surface area contributed by atoms with Gasteiger partial charge in [-0.05, 0) is 32.9 Å². The Labute approximate surface area is 90.4 Å². The number of rotatable bonds is 4. The zero-order valence-corrected chi connectivity index (χ0v) is 9.41. The third-order valence-electron chi connectivity index (χ3n) is 1.87. The van der Waals surface area contributed by atoms with E-state index in [0.29, 0.717) is 18.2 Å². The van der Waals surface area contributed by atoms with Crippen molar-refractivity contribution in [1.82, 2.24) is 0 Å². The maximum atomic E-state index is 11.6.